The fourth-order valence-electron chi connectivity index (χ4n) is 3.63. The first-order chi connectivity index (χ1) is 13.5. The maximum Gasteiger partial charge on any atom is 0.275 e. The molecule has 4 rings (SSSR count). The van der Waals surface area contributed by atoms with E-state index in [-0.39, 0.29) is 30.0 Å². The van der Waals surface area contributed by atoms with Gasteiger partial charge in [0.15, 0.2) is 0 Å². The van der Waals surface area contributed by atoms with Crippen molar-refractivity contribution in [1.29, 1.82) is 0 Å². The number of carbonyl (C=O) groups excluding carboxylic acids is 1. The summed E-state index contributed by atoms with van der Waals surface area (Å²) in [6.07, 6.45) is 0.638. The third kappa shape index (κ3) is 3.68. The lowest BCUT2D eigenvalue weighted by Crippen LogP contribution is -2.43. The quantitative estimate of drug-likeness (QED) is 0.716. The number of amides is 1. The Morgan fingerprint density at radius 3 is 2.79 bits per heavy atom. The number of aromatic nitrogens is 3. The predicted molar refractivity (Wildman–Crippen MR) is 102 cm³/mol. The van der Waals surface area contributed by atoms with E-state index in [1.807, 2.05) is 32.0 Å². The van der Waals surface area contributed by atoms with Crippen molar-refractivity contribution in [3.8, 4) is 0 Å². The summed E-state index contributed by atoms with van der Waals surface area (Å²) in [5, 5.41) is 12.5. The molecule has 1 saturated heterocycles. The molecule has 28 heavy (non-hydrogen) atoms. The Hall–Kier alpha value is -3.00. The molecule has 8 heteroatoms. The summed E-state index contributed by atoms with van der Waals surface area (Å²) in [5.74, 6) is 0.605. The van der Waals surface area contributed by atoms with Gasteiger partial charge in [0, 0.05) is 23.8 Å². The molecule has 2 aromatic heterocycles. The smallest absolute Gasteiger partial charge is 0.275 e. The second-order valence-corrected chi connectivity index (χ2v) is 7.20. The van der Waals surface area contributed by atoms with Crippen LogP contribution >= 0.6 is 0 Å². The van der Waals surface area contributed by atoms with Crippen LogP contribution in [0.25, 0.3) is 10.8 Å². The van der Waals surface area contributed by atoms with Crippen LogP contribution in [0.5, 0.6) is 0 Å². The van der Waals surface area contributed by atoms with Crippen molar-refractivity contribution in [1.82, 2.24) is 20.3 Å². The zero-order chi connectivity index (χ0) is 19.7. The van der Waals surface area contributed by atoms with Crippen LogP contribution in [0.4, 0.5) is 0 Å². The monoisotopic (exact) mass is 382 g/mol. The molecule has 1 aliphatic heterocycles. The van der Waals surface area contributed by atoms with Crippen LogP contribution in [-0.2, 0) is 22.5 Å². The minimum atomic E-state index is -0.271. The van der Waals surface area contributed by atoms with Crippen molar-refractivity contribution in [2.45, 2.75) is 32.9 Å². The van der Waals surface area contributed by atoms with E-state index >= 15 is 0 Å². The molecule has 0 spiro atoms. The molecule has 8 nitrogen and oxygen atoms in total. The largest absolute Gasteiger partial charge is 0.379 e. The minimum absolute atomic E-state index is 0.0966. The Bertz CT molecular complexity index is 1070. The summed E-state index contributed by atoms with van der Waals surface area (Å²) in [7, 11) is 0. The average Bonchev–Trinajstić information content (AvgIpc) is 3.28. The number of benzene rings is 1. The Morgan fingerprint density at radius 2 is 2.04 bits per heavy atom. The van der Waals surface area contributed by atoms with Gasteiger partial charge in [0.2, 0.25) is 5.91 Å². The zero-order valence-electron chi connectivity index (χ0n) is 15.8. The Balaban J connectivity index is 1.46. The highest BCUT2D eigenvalue weighted by molar-refractivity contribution is 5.83. The summed E-state index contributed by atoms with van der Waals surface area (Å²) < 4.78 is 12.0. The molecule has 146 valence electrons. The van der Waals surface area contributed by atoms with E-state index in [4.69, 9.17) is 9.26 Å². The van der Waals surface area contributed by atoms with Crippen molar-refractivity contribution >= 4 is 16.7 Å². The number of nitrogens with zero attached hydrogens (tertiary/aromatic N) is 3. The third-order valence-electron chi connectivity index (χ3n) is 5.03. The number of aryl methyl sites for hydroxylation is 2. The molecule has 0 saturated carbocycles. The summed E-state index contributed by atoms with van der Waals surface area (Å²) >= 11 is 0. The predicted octanol–water partition coefficient (Wildman–Crippen LogP) is 1.38. The van der Waals surface area contributed by atoms with Crippen LogP contribution in [0.15, 0.2) is 39.6 Å². The summed E-state index contributed by atoms with van der Waals surface area (Å²) in [6, 6.07) is 9.02. The van der Waals surface area contributed by atoms with Gasteiger partial charge in [-0.05, 0) is 19.9 Å². The first-order valence-electron chi connectivity index (χ1n) is 9.27. The van der Waals surface area contributed by atoms with Crippen LogP contribution in [0.2, 0.25) is 0 Å². The number of hydrogen-bond donors (Lipinski definition) is 1. The van der Waals surface area contributed by atoms with E-state index in [0.717, 1.165) is 16.8 Å². The van der Waals surface area contributed by atoms with E-state index in [2.05, 4.69) is 15.6 Å². The molecule has 3 heterocycles. The second kappa shape index (κ2) is 7.55. The van der Waals surface area contributed by atoms with Crippen LogP contribution in [0, 0.1) is 19.8 Å². The Labute approximate surface area is 161 Å². The SMILES string of the molecule is Cc1cc(CC2COCC2NC(=O)Cn2nc(C)c3ccccc3c2=O)on1. The number of fused-ring (bicyclic) bond motifs is 1. The normalized spacial score (nSPS) is 19.2. The zero-order valence-corrected chi connectivity index (χ0v) is 15.8. The van der Waals surface area contributed by atoms with Gasteiger partial charge in [0.25, 0.3) is 5.56 Å². The number of ether oxygens (including phenoxy) is 1. The maximum atomic E-state index is 12.6. The molecule has 0 aliphatic carbocycles. The van der Waals surface area contributed by atoms with Crippen LogP contribution < -0.4 is 10.9 Å². The fraction of sp³-hybridized carbons (Fsp3) is 0.400. The average molecular weight is 382 g/mol. The second-order valence-electron chi connectivity index (χ2n) is 7.20. The van der Waals surface area contributed by atoms with Crippen LogP contribution in [0.3, 0.4) is 0 Å². The molecule has 2 atom stereocenters. The number of hydrogen-bond acceptors (Lipinski definition) is 6. The van der Waals surface area contributed by atoms with Crippen molar-refractivity contribution < 1.29 is 14.1 Å². The molecule has 0 radical (unpaired) electrons. The molecule has 2 unspecified atom stereocenters. The topological polar surface area (TPSA) is 99.2 Å². The van der Waals surface area contributed by atoms with Crippen molar-refractivity contribution in [3.63, 3.8) is 0 Å². The van der Waals surface area contributed by atoms with Gasteiger partial charge in [-0.3, -0.25) is 9.59 Å². The molecular weight excluding hydrogens is 360 g/mol. The fourth-order valence-corrected chi connectivity index (χ4v) is 3.63. The van der Waals surface area contributed by atoms with Crippen LogP contribution in [-0.4, -0.2) is 40.1 Å². The van der Waals surface area contributed by atoms with Gasteiger partial charge < -0.3 is 14.6 Å². The molecule has 1 N–H and O–H groups in total. The van der Waals surface area contributed by atoms with E-state index < -0.39 is 0 Å². The first-order valence-corrected chi connectivity index (χ1v) is 9.27. The molecule has 1 aliphatic rings. The van der Waals surface area contributed by atoms with Gasteiger partial charge in [-0.15, -0.1) is 0 Å². The summed E-state index contributed by atoms with van der Waals surface area (Å²) in [5.41, 5.74) is 1.27. The van der Waals surface area contributed by atoms with Gasteiger partial charge in [0.05, 0.1) is 36.0 Å². The lowest BCUT2D eigenvalue weighted by molar-refractivity contribution is -0.122. The number of rotatable bonds is 5. The van der Waals surface area contributed by atoms with Crippen molar-refractivity contribution in [2.75, 3.05) is 13.2 Å². The van der Waals surface area contributed by atoms with Gasteiger partial charge in [0.1, 0.15) is 12.3 Å². The van der Waals surface area contributed by atoms with E-state index in [0.29, 0.717) is 30.7 Å². The van der Waals surface area contributed by atoms with Crippen molar-refractivity contribution in [2.24, 2.45) is 5.92 Å². The van der Waals surface area contributed by atoms with E-state index in [9.17, 15) is 9.59 Å². The number of nitrogens with one attached hydrogen (secondary N) is 1. The number of carbonyl (C=O) groups is 1. The summed E-state index contributed by atoms with van der Waals surface area (Å²) in [4.78, 5) is 25.2. The highest BCUT2D eigenvalue weighted by Gasteiger charge is 2.31. The highest BCUT2D eigenvalue weighted by atomic mass is 16.5. The lowest BCUT2D eigenvalue weighted by Gasteiger charge is -2.18. The Morgan fingerprint density at radius 1 is 1.25 bits per heavy atom. The van der Waals surface area contributed by atoms with Crippen LogP contribution in [0.1, 0.15) is 17.1 Å². The maximum absolute atomic E-state index is 12.6. The van der Waals surface area contributed by atoms with E-state index in [1.54, 1.807) is 12.1 Å². The minimum Gasteiger partial charge on any atom is -0.379 e. The summed E-state index contributed by atoms with van der Waals surface area (Å²) in [6.45, 7) is 4.54. The third-order valence-corrected chi connectivity index (χ3v) is 5.03. The molecular formula is C20H22N4O4. The standard InChI is InChI=1S/C20H22N4O4/c1-12-7-15(28-23-12)8-14-10-27-11-18(14)21-19(25)9-24-20(26)17-6-4-3-5-16(17)13(2)22-24/h3-7,14,18H,8-11H2,1-2H3,(H,21,25). The first kappa shape index (κ1) is 18.4. The molecule has 0 bridgehead atoms. The lowest BCUT2D eigenvalue weighted by atomic mass is 9.98. The molecule has 1 fully saturated rings. The van der Waals surface area contributed by atoms with E-state index in [1.165, 1.54) is 4.68 Å². The van der Waals surface area contributed by atoms with Gasteiger partial charge in [-0.2, -0.15) is 5.10 Å². The van der Waals surface area contributed by atoms with Gasteiger partial charge >= 0.3 is 0 Å². The van der Waals surface area contributed by atoms with Gasteiger partial charge in [-0.1, -0.05) is 23.4 Å². The Kier molecular flexibility index (Phi) is 4.95. The highest BCUT2D eigenvalue weighted by Crippen LogP contribution is 2.20. The van der Waals surface area contributed by atoms with Crippen molar-refractivity contribution in [3.05, 3.63) is 57.8 Å². The molecule has 1 amide bonds. The molecule has 1 aromatic carbocycles. The van der Waals surface area contributed by atoms with Gasteiger partial charge in [-0.25, -0.2) is 4.68 Å². The molecule has 3 aromatic rings.